The first-order chi connectivity index (χ1) is 7.66. The maximum atomic E-state index is 7.32. The highest BCUT2D eigenvalue weighted by atomic mass is 15.3. The Morgan fingerprint density at radius 2 is 1.00 bits per heavy atom. The van der Waals surface area contributed by atoms with Crippen molar-refractivity contribution in [3.8, 4) is 5.97 Å². The Hall–Kier alpha value is -0.485. The molecule has 0 N–H and O–H groups in total. The summed E-state index contributed by atoms with van der Waals surface area (Å²) in [5, 5.41) is 7.32. The van der Waals surface area contributed by atoms with E-state index < -0.39 is 0 Å². The van der Waals surface area contributed by atoms with Crippen LogP contribution in [0.4, 0.5) is 0 Å². The first kappa shape index (κ1) is 17.9. The molecule has 0 saturated heterocycles. The van der Waals surface area contributed by atoms with Crippen LogP contribution in [0.3, 0.4) is 0 Å². The van der Waals surface area contributed by atoms with Crippen molar-refractivity contribution < 1.29 is 4.48 Å². The van der Waals surface area contributed by atoms with Crippen LogP contribution in [0, 0.1) is 11.2 Å². The van der Waals surface area contributed by atoms with Crippen LogP contribution < -0.4 is 0 Å². The molecule has 0 aliphatic heterocycles. The van der Waals surface area contributed by atoms with Gasteiger partial charge in [0, 0.05) is 0 Å². The Morgan fingerprint density at radius 3 is 1.12 bits per heavy atom. The fraction of sp³-hybridized carbons (Fsp3) is 0.923. The normalized spacial score (nSPS) is 10.2. The van der Waals surface area contributed by atoms with Crippen molar-refractivity contribution in [3.63, 3.8) is 0 Å². The van der Waals surface area contributed by atoms with Crippen molar-refractivity contribution in [2.75, 3.05) is 26.2 Å². The van der Waals surface area contributed by atoms with Crippen LogP contribution in [0.15, 0.2) is 0 Å². The summed E-state index contributed by atoms with van der Waals surface area (Å²) in [6.45, 7) is 14.8. The van der Waals surface area contributed by atoms with Crippen LogP contribution in [0.2, 0.25) is 0 Å². The topological polar surface area (TPSA) is 23.8 Å². The molecule has 0 rings (SSSR count). The highest BCUT2D eigenvalue weighted by Gasteiger charge is 2.22. The Morgan fingerprint density at radius 1 is 0.812 bits per heavy atom. The predicted octanol–water partition coefficient (Wildman–Crippen LogP) is 2.54. The average Bonchev–Trinajstić information content (AvgIpc) is 2.20. The van der Waals surface area contributed by atoms with Gasteiger partial charge in [0.25, 0.3) is 0 Å². The number of nitrogens with zero attached hydrogens (tertiary/aromatic N) is 2. The third kappa shape index (κ3) is 8.79. The summed E-state index contributed by atoms with van der Waals surface area (Å²) in [5.74, 6) is 1.75. The van der Waals surface area contributed by atoms with Gasteiger partial charge in [-0.1, -0.05) is 27.7 Å². The first-order valence-electron chi connectivity index (χ1n) is 6.82. The van der Waals surface area contributed by atoms with Crippen LogP contribution in [0.1, 0.15) is 53.4 Å². The zero-order valence-corrected chi connectivity index (χ0v) is 12.1. The van der Waals surface area contributed by atoms with E-state index in [-0.39, 0.29) is 0 Å². The van der Waals surface area contributed by atoms with Gasteiger partial charge < -0.3 is 4.48 Å². The van der Waals surface area contributed by atoms with Crippen LogP contribution in [-0.2, 0) is 0 Å². The molecule has 0 bridgehead atoms. The van der Waals surface area contributed by atoms with Crippen molar-refractivity contribution >= 4 is 7.85 Å². The Balaban J connectivity index is 0. The summed E-state index contributed by atoms with van der Waals surface area (Å²) in [6.07, 6.45) is 5.33. The first-order valence-corrected chi connectivity index (χ1v) is 6.82. The lowest BCUT2D eigenvalue weighted by atomic mass is 10.2. The third-order valence-electron chi connectivity index (χ3n) is 2.79. The van der Waals surface area contributed by atoms with Gasteiger partial charge in [0.15, 0.2) is 0 Å². The second-order valence-electron chi connectivity index (χ2n) is 4.46. The van der Waals surface area contributed by atoms with E-state index in [4.69, 9.17) is 5.26 Å². The molecule has 0 spiro atoms. The minimum absolute atomic E-state index is 1.33. The summed E-state index contributed by atoms with van der Waals surface area (Å²) in [4.78, 5) is 0. The van der Waals surface area contributed by atoms with Crippen LogP contribution >= 0.6 is 0 Å². The van der Waals surface area contributed by atoms with E-state index >= 15 is 0 Å². The molecule has 0 atom stereocenters. The van der Waals surface area contributed by atoms with Crippen molar-refractivity contribution in [3.05, 3.63) is 0 Å². The summed E-state index contributed by atoms with van der Waals surface area (Å²) in [5.41, 5.74) is 0. The molecular weight excluding hydrogens is 195 g/mol. The van der Waals surface area contributed by atoms with E-state index in [1.165, 1.54) is 64.2 Å². The van der Waals surface area contributed by atoms with E-state index in [1.54, 1.807) is 5.97 Å². The second-order valence-corrected chi connectivity index (χ2v) is 4.46. The van der Waals surface area contributed by atoms with Crippen LogP contribution in [0.25, 0.3) is 0 Å². The monoisotopic (exact) mass is 225 g/mol. The quantitative estimate of drug-likeness (QED) is 0.460. The largest absolute Gasteiger partial charge is 0.324 e. The average molecular weight is 225 g/mol. The molecule has 0 saturated carbocycles. The van der Waals surface area contributed by atoms with E-state index in [2.05, 4.69) is 27.7 Å². The van der Waals surface area contributed by atoms with Gasteiger partial charge in [-0.05, 0) is 31.7 Å². The highest BCUT2D eigenvalue weighted by Crippen LogP contribution is 2.12. The molecule has 0 aromatic carbocycles. The van der Waals surface area contributed by atoms with E-state index in [1.807, 2.05) is 0 Å². The fourth-order valence-electron chi connectivity index (χ4n) is 2.57. The summed E-state index contributed by atoms with van der Waals surface area (Å²) >= 11 is 0. The van der Waals surface area contributed by atoms with Gasteiger partial charge in [-0.3, -0.25) is 0 Å². The molecule has 16 heavy (non-hydrogen) atoms. The van der Waals surface area contributed by atoms with Gasteiger partial charge in [-0.2, -0.15) is 0 Å². The Labute approximate surface area is 104 Å². The minimum Gasteiger partial charge on any atom is -0.324 e. The zero-order valence-electron chi connectivity index (χ0n) is 12.1. The van der Waals surface area contributed by atoms with Crippen molar-refractivity contribution in [2.24, 2.45) is 0 Å². The molecule has 0 aromatic rings. The molecule has 0 radical (unpaired) electrons. The molecule has 0 heterocycles. The molecule has 0 aromatic heterocycles. The lowest BCUT2D eigenvalue weighted by Crippen LogP contribution is -2.50. The van der Waals surface area contributed by atoms with Crippen molar-refractivity contribution in [1.82, 2.24) is 0 Å². The smallest absolute Gasteiger partial charge is 0.232 e. The van der Waals surface area contributed by atoms with Gasteiger partial charge in [0.2, 0.25) is 7.85 Å². The SMILES string of the molecule is BC#N.CCC[N+](CCC)(CCC)CCC. The number of hydrogen-bond donors (Lipinski definition) is 0. The zero-order chi connectivity index (χ0) is 12.9. The van der Waals surface area contributed by atoms with Crippen molar-refractivity contribution in [2.45, 2.75) is 53.4 Å². The Bertz CT molecular complexity index is 146. The molecule has 94 valence electrons. The van der Waals surface area contributed by atoms with Gasteiger partial charge in [0.1, 0.15) is 0 Å². The standard InChI is InChI=1S/C12H28N.CH2BN/c1-5-9-13(10-6-2,11-7-3)12-8-4;2-1-3/h5-12H2,1-4H3;2H2/q+1;. The molecule has 0 aliphatic carbocycles. The van der Waals surface area contributed by atoms with E-state index in [0.717, 1.165) is 0 Å². The number of quaternary nitrogens is 1. The minimum atomic E-state index is 1.33. The molecular formula is C13H30BN2+. The Kier molecular flexibility index (Phi) is 14.1. The third-order valence-corrected chi connectivity index (χ3v) is 2.79. The number of rotatable bonds is 8. The van der Waals surface area contributed by atoms with Gasteiger partial charge in [-0.25, -0.2) is 5.26 Å². The summed E-state index contributed by atoms with van der Waals surface area (Å²) < 4.78 is 1.38. The van der Waals surface area contributed by atoms with E-state index in [9.17, 15) is 0 Å². The maximum absolute atomic E-state index is 7.32. The molecule has 0 aliphatic rings. The lowest BCUT2D eigenvalue weighted by molar-refractivity contribution is -0.928. The molecule has 0 fully saturated rings. The molecule has 2 nitrogen and oxygen atoms in total. The maximum Gasteiger partial charge on any atom is 0.232 e. The highest BCUT2D eigenvalue weighted by molar-refractivity contribution is 6.20. The van der Waals surface area contributed by atoms with Gasteiger partial charge in [0.05, 0.1) is 26.2 Å². The van der Waals surface area contributed by atoms with Crippen molar-refractivity contribution in [1.29, 1.82) is 5.26 Å². The summed E-state index contributed by atoms with van der Waals surface area (Å²) in [7, 11) is 1.43. The van der Waals surface area contributed by atoms with E-state index in [0.29, 0.717) is 0 Å². The molecule has 0 unspecified atom stereocenters. The van der Waals surface area contributed by atoms with Crippen LogP contribution in [-0.4, -0.2) is 38.5 Å². The number of nitriles is 1. The summed E-state index contributed by atoms with van der Waals surface area (Å²) in [6, 6.07) is 0. The van der Waals surface area contributed by atoms with Gasteiger partial charge >= 0.3 is 0 Å². The second kappa shape index (κ2) is 12.6. The molecule has 3 heteroatoms. The number of hydrogen-bond acceptors (Lipinski definition) is 1. The lowest BCUT2D eigenvalue weighted by Gasteiger charge is -2.38. The fourth-order valence-corrected chi connectivity index (χ4v) is 2.57. The molecule has 0 amide bonds. The van der Waals surface area contributed by atoms with Gasteiger partial charge in [-0.15, -0.1) is 0 Å². The predicted molar refractivity (Wildman–Crippen MR) is 75.0 cm³/mol. The van der Waals surface area contributed by atoms with Crippen LogP contribution in [0.5, 0.6) is 0 Å².